The summed E-state index contributed by atoms with van der Waals surface area (Å²) in [6.45, 7) is 3.19. The first-order valence-corrected chi connectivity index (χ1v) is 6.55. The highest BCUT2D eigenvalue weighted by atomic mass is 35.5. The lowest BCUT2D eigenvalue weighted by atomic mass is 10.2. The predicted molar refractivity (Wildman–Crippen MR) is 72.7 cm³/mol. The number of aryl methyl sites for hydroxylation is 1. The maximum absolute atomic E-state index is 6.02. The molecule has 90 valence electrons. The van der Waals surface area contributed by atoms with Gasteiger partial charge in [-0.1, -0.05) is 23.7 Å². The summed E-state index contributed by atoms with van der Waals surface area (Å²) in [4.78, 5) is 2.43. The molecule has 1 aromatic carbocycles. The lowest BCUT2D eigenvalue weighted by Gasteiger charge is -2.07. The standard InChI is InChI=1S/C13H14ClNOS/c1-9-10(6-11(7-15)17-9)8-16-13-5-3-2-4-12(13)14/h2-6H,7-8,15H2,1H3. The van der Waals surface area contributed by atoms with Gasteiger partial charge in [0.15, 0.2) is 0 Å². The Morgan fingerprint density at radius 1 is 1.35 bits per heavy atom. The molecule has 2 rings (SSSR count). The van der Waals surface area contributed by atoms with Crippen LogP contribution in [0.4, 0.5) is 0 Å². The van der Waals surface area contributed by atoms with E-state index >= 15 is 0 Å². The van der Waals surface area contributed by atoms with Gasteiger partial charge in [0.2, 0.25) is 0 Å². The van der Waals surface area contributed by atoms with Crippen molar-refractivity contribution in [1.29, 1.82) is 0 Å². The van der Waals surface area contributed by atoms with Crippen molar-refractivity contribution in [1.82, 2.24) is 0 Å². The zero-order valence-corrected chi connectivity index (χ0v) is 11.1. The number of rotatable bonds is 4. The molecule has 0 bridgehead atoms. The summed E-state index contributed by atoms with van der Waals surface area (Å²) in [7, 11) is 0. The molecule has 2 aromatic rings. The first-order valence-electron chi connectivity index (χ1n) is 5.36. The molecule has 0 fully saturated rings. The van der Waals surface area contributed by atoms with E-state index in [0.29, 0.717) is 23.9 Å². The number of hydrogen-bond acceptors (Lipinski definition) is 3. The number of nitrogens with two attached hydrogens (primary N) is 1. The van der Waals surface area contributed by atoms with Gasteiger partial charge in [0.1, 0.15) is 12.4 Å². The van der Waals surface area contributed by atoms with Crippen LogP contribution in [0.5, 0.6) is 5.75 Å². The fourth-order valence-electron chi connectivity index (χ4n) is 1.55. The summed E-state index contributed by atoms with van der Waals surface area (Å²) < 4.78 is 5.70. The Bertz CT molecular complexity index is 510. The van der Waals surface area contributed by atoms with Gasteiger partial charge in [0.25, 0.3) is 0 Å². The molecule has 0 aliphatic rings. The van der Waals surface area contributed by atoms with Gasteiger partial charge in [0, 0.05) is 21.9 Å². The minimum absolute atomic E-state index is 0.534. The summed E-state index contributed by atoms with van der Waals surface area (Å²) in [5, 5.41) is 0.638. The number of para-hydroxylation sites is 1. The topological polar surface area (TPSA) is 35.2 Å². The molecule has 0 saturated carbocycles. The Morgan fingerprint density at radius 2 is 2.12 bits per heavy atom. The molecule has 0 aliphatic heterocycles. The number of halogens is 1. The SMILES string of the molecule is Cc1sc(CN)cc1COc1ccccc1Cl. The van der Waals surface area contributed by atoms with Crippen LogP contribution in [0.15, 0.2) is 30.3 Å². The fraction of sp³-hybridized carbons (Fsp3) is 0.231. The predicted octanol–water partition coefficient (Wildman–Crippen LogP) is 3.75. The normalized spacial score (nSPS) is 10.5. The molecule has 17 heavy (non-hydrogen) atoms. The van der Waals surface area contributed by atoms with Crippen molar-refractivity contribution in [3.63, 3.8) is 0 Å². The molecular formula is C13H14ClNOS. The van der Waals surface area contributed by atoms with Gasteiger partial charge < -0.3 is 10.5 Å². The molecule has 1 aromatic heterocycles. The Balaban J connectivity index is 2.07. The third-order valence-electron chi connectivity index (χ3n) is 2.49. The van der Waals surface area contributed by atoms with Gasteiger partial charge in [-0.05, 0) is 25.1 Å². The summed E-state index contributed by atoms with van der Waals surface area (Å²) in [5.41, 5.74) is 6.79. The van der Waals surface area contributed by atoms with E-state index in [0.717, 1.165) is 0 Å². The van der Waals surface area contributed by atoms with E-state index < -0.39 is 0 Å². The monoisotopic (exact) mass is 267 g/mol. The van der Waals surface area contributed by atoms with Crippen molar-refractivity contribution in [3.05, 3.63) is 50.7 Å². The second-order valence-electron chi connectivity index (χ2n) is 3.72. The quantitative estimate of drug-likeness (QED) is 0.916. The summed E-state index contributed by atoms with van der Waals surface area (Å²) in [5.74, 6) is 0.717. The van der Waals surface area contributed by atoms with E-state index in [2.05, 4.69) is 13.0 Å². The molecule has 0 unspecified atom stereocenters. The van der Waals surface area contributed by atoms with Crippen LogP contribution in [0.1, 0.15) is 15.3 Å². The number of hydrogen-bond donors (Lipinski definition) is 1. The average Bonchev–Trinajstić information content (AvgIpc) is 2.69. The maximum Gasteiger partial charge on any atom is 0.138 e. The van der Waals surface area contributed by atoms with Crippen LogP contribution in [-0.4, -0.2) is 0 Å². The van der Waals surface area contributed by atoms with Crippen LogP contribution in [0.2, 0.25) is 5.02 Å². The second kappa shape index (κ2) is 5.54. The smallest absolute Gasteiger partial charge is 0.138 e. The van der Waals surface area contributed by atoms with Crippen LogP contribution in [0.25, 0.3) is 0 Å². The van der Waals surface area contributed by atoms with Gasteiger partial charge in [0.05, 0.1) is 5.02 Å². The van der Waals surface area contributed by atoms with E-state index in [9.17, 15) is 0 Å². The Morgan fingerprint density at radius 3 is 2.76 bits per heavy atom. The van der Waals surface area contributed by atoms with E-state index in [4.69, 9.17) is 22.1 Å². The molecule has 0 atom stereocenters. The summed E-state index contributed by atoms with van der Waals surface area (Å²) in [6, 6.07) is 9.58. The third kappa shape index (κ3) is 3.00. The van der Waals surface area contributed by atoms with Gasteiger partial charge in [-0.15, -0.1) is 11.3 Å². The molecule has 0 saturated heterocycles. The highest BCUT2D eigenvalue weighted by molar-refractivity contribution is 7.12. The van der Waals surface area contributed by atoms with Crippen molar-refractivity contribution in [2.24, 2.45) is 5.73 Å². The van der Waals surface area contributed by atoms with Crippen molar-refractivity contribution in [2.45, 2.75) is 20.1 Å². The molecule has 4 heteroatoms. The summed E-state index contributed by atoms with van der Waals surface area (Å²) >= 11 is 7.74. The maximum atomic E-state index is 6.02. The summed E-state index contributed by atoms with van der Waals surface area (Å²) in [6.07, 6.45) is 0. The van der Waals surface area contributed by atoms with Crippen molar-refractivity contribution in [2.75, 3.05) is 0 Å². The number of benzene rings is 1. The van der Waals surface area contributed by atoms with Crippen molar-refractivity contribution < 1.29 is 4.74 Å². The van der Waals surface area contributed by atoms with Gasteiger partial charge in [-0.2, -0.15) is 0 Å². The first kappa shape index (κ1) is 12.4. The highest BCUT2D eigenvalue weighted by Gasteiger charge is 2.06. The minimum Gasteiger partial charge on any atom is -0.487 e. The van der Waals surface area contributed by atoms with E-state index in [-0.39, 0.29) is 0 Å². The van der Waals surface area contributed by atoms with Crippen LogP contribution >= 0.6 is 22.9 Å². The Kier molecular flexibility index (Phi) is 4.05. The van der Waals surface area contributed by atoms with Crippen LogP contribution < -0.4 is 10.5 Å². The zero-order valence-electron chi connectivity index (χ0n) is 9.57. The van der Waals surface area contributed by atoms with Crippen LogP contribution in [0.3, 0.4) is 0 Å². The molecule has 2 N–H and O–H groups in total. The van der Waals surface area contributed by atoms with Crippen molar-refractivity contribution in [3.8, 4) is 5.75 Å². The number of thiophene rings is 1. The average molecular weight is 268 g/mol. The molecular weight excluding hydrogens is 254 g/mol. The zero-order chi connectivity index (χ0) is 12.3. The molecule has 0 amide bonds. The molecule has 2 nitrogen and oxygen atoms in total. The van der Waals surface area contributed by atoms with Crippen LogP contribution in [0, 0.1) is 6.92 Å². The molecule has 0 radical (unpaired) electrons. The van der Waals surface area contributed by atoms with E-state index in [1.165, 1.54) is 15.3 Å². The van der Waals surface area contributed by atoms with Gasteiger partial charge >= 0.3 is 0 Å². The Labute approximate surface area is 110 Å². The van der Waals surface area contributed by atoms with E-state index in [1.807, 2.05) is 24.3 Å². The largest absolute Gasteiger partial charge is 0.487 e. The lowest BCUT2D eigenvalue weighted by molar-refractivity contribution is 0.306. The second-order valence-corrected chi connectivity index (χ2v) is 5.47. The van der Waals surface area contributed by atoms with Gasteiger partial charge in [-0.25, -0.2) is 0 Å². The van der Waals surface area contributed by atoms with Crippen LogP contribution in [-0.2, 0) is 13.2 Å². The number of ether oxygens (including phenoxy) is 1. The van der Waals surface area contributed by atoms with Crippen molar-refractivity contribution >= 4 is 22.9 Å². The fourth-order valence-corrected chi connectivity index (χ4v) is 2.67. The Hall–Kier alpha value is -1.03. The third-order valence-corrected chi connectivity index (χ3v) is 3.92. The molecule has 1 heterocycles. The van der Waals surface area contributed by atoms with E-state index in [1.54, 1.807) is 11.3 Å². The highest BCUT2D eigenvalue weighted by Crippen LogP contribution is 2.26. The first-order chi connectivity index (χ1) is 8.20. The molecule has 0 aliphatic carbocycles. The molecule has 0 spiro atoms. The lowest BCUT2D eigenvalue weighted by Crippen LogP contribution is -1.96. The van der Waals surface area contributed by atoms with Gasteiger partial charge in [-0.3, -0.25) is 0 Å². The minimum atomic E-state index is 0.534.